The largest absolute Gasteiger partial charge is 0.357 e. The lowest BCUT2D eigenvalue weighted by Gasteiger charge is -2.10. The molecule has 18 heavy (non-hydrogen) atoms. The van der Waals surface area contributed by atoms with Gasteiger partial charge in [0, 0.05) is 18.8 Å². The predicted octanol–water partition coefficient (Wildman–Crippen LogP) is 0.692. The zero-order valence-electron chi connectivity index (χ0n) is 10.1. The van der Waals surface area contributed by atoms with Crippen molar-refractivity contribution in [2.24, 2.45) is 0 Å². The first kappa shape index (κ1) is 13.6. The van der Waals surface area contributed by atoms with E-state index >= 15 is 0 Å². The molecule has 6 nitrogen and oxygen atoms in total. The van der Waals surface area contributed by atoms with Gasteiger partial charge in [-0.05, 0) is 18.6 Å². The highest BCUT2D eigenvalue weighted by Gasteiger charge is 2.20. The maximum Gasteiger partial charge on any atom is 0.243 e. The highest BCUT2D eigenvalue weighted by Crippen LogP contribution is 2.25. The van der Waals surface area contributed by atoms with Gasteiger partial charge in [0.2, 0.25) is 16.0 Å². The fraction of sp³-hybridized carbons (Fsp3) is 0.600. The summed E-state index contributed by atoms with van der Waals surface area (Å²) in [6.45, 7) is 0.473. The number of hydrogen-bond donors (Lipinski definition) is 2. The summed E-state index contributed by atoms with van der Waals surface area (Å²) in [6.07, 6.45) is 4.85. The molecule has 0 saturated carbocycles. The molecule has 2 N–H and O–H groups in total. The van der Waals surface area contributed by atoms with Gasteiger partial charge in [0.1, 0.15) is 4.90 Å². The van der Waals surface area contributed by atoms with Crippen LogP contribution >= 0.6 is 11.8 Å². The van der Waals surface area contributed by atoms with Crippen LogP contribution in [0, 0.1) is 0 Å². The molecule has 0 aliphatic carbocycles. The molecule has 2 heterocycles. The predicted molar refractivity (Wildman–Crippen MR) is 72.2 cm³/mol. The van der Waals surface area contributed by atoms with Gasteiger partial charge in [-0.2, -0.15) is 11.8 Å². The molecule has 1 unspecified atom stereocenters. The van der Waals surface area contributed by atoms with Crippen molar-refractivity contribution in [2.75, 3.05) is 24.7 Å². The van der Waals surface area contributed by atoms with Gasteiger partial charge < -0.3 is 5.32 Å². The molecule has 0 aromatic carbocycles. The lowest BCUT2D eigenvalue weighted by Crippen LogP contribution is -2.30. The van der Waals surface area contributed by atoms with E-state index in [0.29, 0.717) is 17.7 Å². The number of aromatic nitrogens is 2. The minimum Gasteiger partial charge on any atom is -0.357 e. The van der Waals surface area contributed by atoms with Crippen molar-refractivity contribution >= 4 is 27.7 Å². The van der Waals surface area contributed by atoms with E-state index in [2.05, 4.69) is 20.0 Å². The molecule has 1 atom stereocenters. The lowest BCUT2D eigenvalue weighted by molar-refractivity contribution is 0.578. The molecule has 1 aliphatic rings. The van der Waals surface area contributed by atoms with Crippen LogP contribution in [0.5, 0.6) is 0 Å². The van der Waals surface area contributed by atoms with Crippen molar-refractivity contribution in [3.8, 4) is 0 Å². The number of nitrogens with zero attached hydrogens (tertiary/aromatic N) is 2. The maximum absolute atomic E-state index is 12.0. The van der Waals surface area contributed by atoms with E-state index in [1.54, 1.807) is 7.05 Å². The molecule has 100 valence electrons. The van der Waals surface area contributed by atoms with Crippen LogP contribution in [-0.4, -0.2) is 43.0 Å². The van der Waals surface area contributed by atoms with Crippen molar-refractivity contribution in [2.45, 2.75) is 23.0 Å². The standard InChI is InChI=1S/C10H16N4O2S2/c1-11-10-12-6-9(7-13-10)18(15,16)14-5-8-3-2-4-17-8/h6-8,14H,2-5H2,1H3,(H,11,12,13). The average molecular weight is 288 g/mol. The summed E-state index contributed by atoms with van der Waals surface area (Å²) in [7, 11) is -1.81. The fourth-order valence-electron chi connectivity index (χ4n) is 1.68. The minimum atomic E-state index is -3.49. The molecule has 2 rings (SSSR count). The Morgan fingerprint density at radius 1 is 1.44 bits per heavy atom. The van der Waals surface area contributed by atoms with E-state index in [4.69, 9.17) is 0 Å². The number of anilines is 1. The van der Waals surface area contributed by atoms with Crippen molar-refractivity contribution in [1.82, 2.24) is 14.7 Å². The first-order valence-electron chi connectivity index (χ1n) is 5.73. The summed E-state index contributed by atoms with van der Waals surface area (Å²) in [6, 6.07) is 0. The molecule has 0 radical (unpaired) electrons. The Hall–Kier alpha value is -0.860. The van der Waals surface area contributed by atoms with Crippen LogP contribution in [0.2, 0.25) is 0 Å². The molecule has 1 fully saturated rings. The molecule has 0 amide bonds. The Morgan fingerprint density at radius 2 is 2.17 bits per heavy atom. The zero-order chi connectivity index (χ0) is 13.0. The minimum absolute atomic E-state index is 0.101. The van der Waals surface area contributed by atoms with Gasteiger partial charge in [-0.15, -0.1) is 0 Å². The second-order valence-electron chi connectivity index (χ2n) is 3.98. The lowest BCUT2D eigenvalue weighted by atomic mass is 10.2. The summed E-state index contributed by atoms with van der Waals surface area (Å²) < 4.78 is 26.5. The summed E-state index contributed by atoms with van der Waals surface area (Å²) in [4.78, 5) is 7.89. The number of sulfonamides is 1. The van der Waals surface area contributed by atoms with Crippen molar-refractivity contribution < 1.29 is 8.42 Å². The molecular formula is C10H16N4O2S2. The van der Waals surface area contributed by atoms with Crippen LogP contribution in [0.25, 0.3) is 0 Å². The molecule has 0 spiro atoms. The quantitative estimate of drug-likeness (QED) is 0.829. The van der Waals surface area contributed by atoms with Crippen molar-refractivity contribution in [3.63, 3.8) is 0 Å². The Balaban J connectivity index is 2.00. The van der Waals surface area contributed by atoms with Crippen LogP contribution in [0.1, 0.15) is 12.8 Å². The normalized spacial score (nSPS) is 19.9. The molecule has 1 saturated heterocycles. The Kier molecular flexibility index (Phi) is 4.41. The third kappa shape index (κ3) is 3.33. The molecule has 1 aromatic heterocycles. The van der Waals surface area contributed by atoms with Crippen LogP contribution in [0.3, 0.4) is 0 Å². The van der Waals surface area contributed by atoms with Crippen LogP contribution in [0.4, 0.5) is 5.95 Å². The van der Waals surface area contributed by atoms with Crippen LogP contribution in [0.15, 0.2) is 17.3 Å². The van der Waals surface area contributed by atoms with Gasteiger partial charge >= 0.3 is 0 Å². The fourth-order valence-corrected chi connectivity index (χ4v) is 3.95. The molecule has 1 aromatic rings. The topological polar surface area (TPSA) is 84.0 Å². The van der Waals surface area contributed by atoms with Gasteiger partial charge in [0.25, 0.3) is 0 Å². The van der Waals surface area contributed by atoms with E-state index in [0.717, 1.165) is 18.6 Å². The van der Waals surface area contributed by atoms with Crippen LogP contribution < -0.4 is 10.0 Å². The first-order valence-corrected chi connectivity index (χ1v) is 8.26. The van der Waals surface area contributed by atoms with Gasteiger partial charge in [-0.1, -0.05) is 0 Å². The van der Waals surface area contributed by atoms with E-state index in [1.165, 1.54) is 12.4 Å². The van der Waals surface area contributed by atoms with Crippen molar-refractivity contribution in [1.29, 1.82) is 0 Å². The summed E-state index contributed by atoms with van der Waals surface area (Å²) >= 11 is 1.82. The maximum atomic E-state index is 12.0. The third-order valence-electron chi connectivity index (χ3n) is 2.69. The summed E-state index contributed by atoms with van der Waals surface area (Å²) in [5, 5.41) is 3.13. The van der Waals surface area contributed by atoms with Gasteiger partial charge in [-0.25, -0.2) is 23.1 Å². The van der Waals surface area contributed by atoms with E-state index < -0.39 is 10.0 Å². The number of nitrogens with one attached hydrogen (secondary N) is 2. The third-order valence-corrected chi connectivity index (χ3v) is 5.46. The summed E-state index contributed by atoms with van der Waals surface area (Å²) in [5.74, 6) is 1.52. The molecule has 0 bridgehead atoms. The van der Waals surface area contributed by atoms with Crippen molar-refractivity contribution in [3.05, 3.63) is 12.4 Å². The molecular weight excluding hydrogens is 272 g/mol. The Labute approximate surface area is 111 Å². The summed E-state index contributed by atoms with van der Waals surface area (Å²) in [5.41, 5.74) is 0. The van der Waals surface area contributed by atoms with E-state index in [1.807, 2.05) is 11.8 Å². The SMILES string of the molecule is CNc1ncc(S(=O)(=O)NCC2CCCS2)cn1. The number of thioether (sulfide) groups is 1. The highest BCUT2D eigenvalue weighted by molar-refractivity contribution is 8.00. The smallest absolute Gasteiger partial charge is 0.243 e. The van der Waals surface area contributed by atoms with Gasteiger partial charge in [0.05, 0.1) is 12.4 Å². The highest BCUT2D eigenvalue weighted by atomic mass is 32.2. The van der Waals surface area contributed by atoms with E-state index in [9.17, 15) is 8.42 Å². The number of hydrogen-bond acceptors (Lipinski definition) is 6. The zero-order valence-corrected chi connectivity index (χ0v) is 11.7. The second-order valence-corrected chi connectivity index (χ2v) is 7.15. The number of rotatable bonds is 5. The average Bonchev–Trinajstić information content (AvgIpc) is 2.90. The monoisotopic (exact) mass is 288 g/mol. The van der Waals surface area contributed by atoms with E-state index in [-0.39, 0.29) is 4.90 Å². The molecule has 1 aliphatic heterocycles. The Morgan fingerprint density at radius 3 is 2.72 bits per heavy atom. The van der Waals surface area contributed by atoms with Crippen LogP contribution in [-0.2, 0) is 10.0 Å². The second kappa shape index (κ2) is 5.85. The molecule has 8 heteroatoms. The van der Waals surface area contributed by atoms with Gasteiger partial charge in [0.15, 0.2) is 0 Å². The Bertz CT molecular complexity index is 483. The van der Waals surface area contributed by atoms with Gasteiger partial charge in [-0.3, -0.25) is 0 Å². The first-order chi connectivity index (χ1) is 8.62.